The van der Waals surface area contributed by atoms with Crippen LogP contribution in [0.25, 0.3) is 0 Å². The zero-order chi connectivity index (χ0) is 13.8. The van der Waals surface area contributed by atoms with Crippen molar-refractivity contribution in [1.29, 1.82) is 0 Å². The largest absolute Gasteiger partial charge is 0.392 e. The monoisotopic (exact) mass is 276 g/mol. The summed E-state index contributed by atoms with van der Waals surface area (Å²) in [6, 6.07) is 0. The van der Waals surface area contributed by atoms with Gasteiger partial charge in [-0.3, -0.25) is 5.10 Å². The number of nitrogens with zero attached hydrogens (tertiary/aromatic N) is 2. The van der Waals surface area contributed by atoms with Gasteiger partial charge >= 0.3 is 0 Å². The fourth-order valence-electron chi connectivity index (χ4n) is 1.51. The van der Waals surface area contributed by atoms with Crippen molar-refractivity contribution >= 4 is 10.0 Å². The van der Waals surface area contributed by atoms with Gasteiger partial charge in [-0.2, -0.15) is 5.10 Å². The summed E-state index contributed by atoms with van der Waals surface area (Å²) in [7, 11) is 0.201. The lowest BCUT2D eigenvalue weighted by Crippen LogP contribution is -2.28. The predicted molar refractivity (Wildman–Crippen MR) is 67.6 cm³/mol. The normalized spacial score (nSPS) is 12.3. The molecule has 0 bridgehead atoms. The SMILES string of the molecule is Cc1[nH]nc(S(=O)(=O)NCCCN(C)C)c1CO. The summed E-state index contributed by atoms with van der Waals surface area (Å²) < 4.78 is 26.4. The Balaban J connectivity index is 2.68. The van der Waals surface area contributed by atoms with E-state index in [2.05, 4.69) is 14.9 Å². The van der Waals surface area contributed by atoms with E-state index < -0.39 is 10.0 Å². The number of nitrogens with one attached hydrogen (secondary N) is 2. The van der Waals surface area contributed by atoms with Crippen LogP contribution < -0.4 is 4.72 Å². The van der Waals surface area contributed by atoms with Crippen molar-refractivity contribution in [2.24, 2.45) is 0 Å². The van der Waals surface area contributed by atoms with Crippen molar-refractivity contribution in [1.82, 2.24) is 19.8 Å². The summed E-state index contributed by atoms with van der Waals surface area (Å²) in [4.78, 5) is 1.98. The van der Waals surface area contributed by atoms with Crippen molar-refractivity contribution in [2.45, 2.75) is 25.0 Å². The van der Waals surface area contributed by atoms with Gasteiger partial charge in [0.1, 0.15) is 0 Å². The molecular weight excluding hydrogens is 256 g/mol. The number of hydrogen-bond donors (Lipinski definition) is 3. The van der Waals surface area contributed by atoms with Gasteiger partial charge in [-0.25, -0.2) is 13.1 Å². The Kier molecular flexibility index (Phi) is 5.27. The molecule has 8 heteroatoms. The maximum Gasteiger partial charge on any atom is 0.260 e. The summed E-state index contributed by atoms with van der Waals surface area (Å²) in [5, 5.41) is 15.3. The fourth-order valence-corrected chi connectivity index (χ4v) is 2.77. The number of hydrogen-bond acceptors (Lipinski definition) is 5. The molecule has 3 N–H and O–H groups in total. The molecule has 0 aliphatic heterocycles. The fraction of sp³-hybridized carbons (Fsp3) is 0.700. The summed E-state index contributed by atoms with van der Waals surface area (Å²) >= 11 is 0. The maximum absolute atomic E-state index is 12.0. The molecular formula is C10H20N4O3S. The first kappa shape index (κ1) is 15.1. The quantitative estimate of drug-likeness (QED) is 0.580. The standard InChI is InChI=1S/C10H20N4O3S/c1-8-9(7-15)10(13-12-8)18(16,17)11-5-4-6-14(2)3/h11,15H,4-7H2,1-3H3,(H,12,13). The molecule has 7 nitrogen and oxygen atoms in total. The van der Waals surface area contributed by atoms with Crippen LogP contribution in [-0.4, -0.2) is 55.8 Å². The van der Waals surface area contributed by atoms with Crippen molar-refractivity contribution in [3.63, 3.8) is 0 Å². The summed E-state index contributed by atoms with van der Waals surface area (Å²) in [5.74, 6) is 0. The van der Waals surface area contributed by atoms with Crippen LogP contribution in [0, 0.1) is 6.92 Å². The minimum atomic E-state index is -3.65. The molecule has 0 radical (unpaired) electrons. The molecule has 104 valence electrons. The molecule has 0 saturated carbocycles. The minimum absolute atomic E-state index is 0.118. The van der Waals surface area contributed by atoms with Crippen LogP contribution in [0.2, 0.25) is 0 Å². The Bertz CT molecular complexity index is 481. The van der Waals surface area contributed by atoms with Gasteiger partial charge in [0, 0.05) is 17.8 Å². The molecule has 1 aromatic heterocycles. The Morgan fingerprint density at radius 2 is 2.11 bits per heavy atom. The second kappa shape index (κ2) is 6.28. The van der Waals surface area contributed by atoms with Crippen molar-refractivity contribution in [3.05, 3.63) is 11.3 Å². The molecule has 0 amide bonds. The average Bonchev–Trinajstić information content (AvgIpc) is 2.66. The minimum Gasteiger partial charge on any atom is -0.392 e. The lowest BCUT2D eigenvalue weighted by atomic mass is 10.3. The number of aromatic amines is 1. The molecule has 0 aliphatic rings. The van der Waals surface area contributed by atoms with E-state index in [9.17, 15) is 8.42 Å². The summed E-state index contributed by atoms with van der Waals surface area (Å²) in [5.41, 5.74) is 0.876. The highest BCUT2D eigenvalue weighted by Crippen LogP contribution is 2.15. The molecule has 0 aromatic carbocycles. The number of aliphatic hydroxyl groups is 1. The number of rotatable bonds is 7. The van der Waals surface area contributed by atoms with Gasteiger partial charge < -0.3 is 10.0 Å². The number of aryl methyl sites for hydroxylation is 1. The highest BCUT2D eigenvalue weighted by Gasteiger charge is 2.22. The van der Waals surface area contributed by atoms with E-state index in [1.165, 1.54) is 0 Å². The Morgan fingerprint density at radius 1 is 1.44 bits per heavy atom. The first-order valence-corrected chi connectivity index (χ1v) is 7.16. The molecule has 0 unspecified atom stereocenters. The van der Waals surface area contributed by atoms with Crippen LogP contribution in [0.4, 0.5) is 0 Å². The van der Waals surface area contributed by atoms with Crippen molar-refractivity contribution < 1.29 is 13.5 Å². The smallest absolute Gasteiger partial charge is 0.260 e. The third-order valence-electron chi connectivity index (χ3n) is 2.52. The molecule has 1 aromatic rings. The van der Waals surface area contributed by atoms with Gasteiger partial charge in [0.15, 0.2) is 5.03 Å². The third-order valence-corrected chi connectivity index (χ3v) is 3.95. The van der Waals surface area contributed by atoms with Gasteiger partial charge in [-0.05, 0) is 34.0 Å². The zero-order valence-corrected chi connectivity index (χ0v) is 11.7. The number of aromatic nitrogens is 2. The zero-order valence-electron chi connectivity index (χ0n) is 10.9. The molecule has 0 spiro atoms. The average molecular weight is 276 g/mol. The lowest BCUT2D eigenvalue weighted by molar-refractivity contribution is 0.277. The van der Waals surface area contributed by atoms with E-state index in [0.29, 0.717) is 24.2 Å². The summed E-state index contributed by atoms with van der Waals surface area (Å²) in [6.45, 7) is 2.46. The van der Waals surface area contributed by atoms with Crippen molar-refractivity contribution in [2.75, 3.05) is 27.2 Å². The molecule has 0 aliphatic carbocycles. The van der Waals surface area contributed by atoms with E-state index >= 15 is 0 Å². The summed E-state index contributed by atoms with van der Waals surface area (Å²) in [6.07, 6.45) is 0.712. The number of H-pyrrole nitrogens is 1. The van der Waals surface area contributed by atoms with Gasteiger partial charge in [0.05, 0.1) is 6.61 Å². The van der Waals surface area contributed by atoms with Crippen LogP contribution in [0.1, 0.15) is 17.7 Å². The predicted octanol–water partition coefficient (Wildman–Crippen LogP) is -0.560. The molecule has 18 heavy (non-hydrogen) atoms. The second-order valence-corrected chi connectivity index (χ2v) is 6.03. The topological polar surface area (TPSA) is 98.3 Å². The third kappa shape index (κ3) is 3.77. The van der Waals surface area contributed by atoms with E-state index in [1.54, 1.807) is 6.92 Å². The van der Waals surface area contributed by atoms with Gasteiger partial charge in [-0.15, -0.1) is 0 Å². The first-order valence-electron chi connectivity index (χ1n) is 5.67. The van der Waals surface area contributed by atoms with E-state index in [4.69, 9.17) is 5.11 Å². The van der Waals surface area contributed by atoms with Crippen LogP contribution in [0.15, 0.2) is 5.03 Å². The van der Waals surface area contributed by atoms with E-state index in [-0.39, 0.29) is 11.6 Å². The molecule has 1 rings (SSSR count). The highest BCUT2D eigenvalue weighted by atomic mass is 32.2. The molecule has 1 heterocycles. The second-order valence-electron chi connectivity index (χ2n) is 4.35. The first-order chi connectivity index (χ1) is 8.38. The van der Waals surface area contributed by atoms with Crippen molar-refractivity contribution in [3.8, 4) is 0 Å². The van der Waals surface area contributed by atoms with Gasteiger partial charge in [0.2, 0.25) is 0 Å². The van der Waals surface area contributed by atoms with Crippen LogP contribution >= 0.6 is 0 Å². The maximum atomic E-state index is 12.0. The Hall–Kier alpha value is -0.960. The van der Waals surface area contributed by atoms with Gasteiger partial charge in [-0.1, -0.05) is 0 Å². The van der Waals surface area contributed by atoms with Crippen LogP contribution in [0.5, 0.6) is 0 Å². The molecule has 0 atom stereocenters. The lowest BCUT2D eigenvalue weighted by Gasteiger charge is -2.09. The van der Waals surface area contributed by atoms with Crippen LogP contribution in [0.3, 0.4) is 0 Å². The number of aliphatic hydroxyl groups excluding tert-OH is 1. The molecule has 0 fully saturated rings. The molecule has 0 saturated heterocycles. The highest BCUT2D eigenvalue weighted by molar-refractivity contribution is 7.89. The van der Waals surface area contributed by atoms with E-state index in [0.717, 1.165) is 6.54 Å². The number of sulfonamides is 1. The Morgan fingerprint density at radius 3 is 2.67 bits per heavy atom. The van der Waals surface area contributed by atoms with Crippen LogP contribution in [-0.2, 0) is 16.6 Å². The van der Waals surface area contributed by atoms with E-state index in [1.807, 2.05) is 19.0 Å². The Labute approximate surface area is 107 Å². The van der Waals surface area contributed by atoms with Gasteiger partial charge in [0.25, 0.3) is 10.0 Å².